The first kappa shape index (κ1) is 10.1. The van der Waals surface area contributed by atoms with Crippen molar-refractivity contribution in [3.05, 3.63) is 11.7 Å². The number of hydrogen-bond acceptors (Lipinski definition) is 1. The van der Waals surface area contributed by atoms with Gasteiger partial charge >= 0.3 is 6.18 Å². The van der Waals surface area contributed by atoms with Crippen molar-refractivity contribution in [3.8, 4) is 0 Å². The van der Waals surface area contributed by atoms with Gasteiger partial charge in [-0.1, -0.05) is 0 Å². The molecule has 0 aliphatic carbocycles. The molecule has 0 aliphatic heterocycles. The maximum absolute atomic E-state index is 11.5. The molecule has 0 amide bonds. The number of halogens is 5. The van der Waals surface area contributed by atoms with Crippen LogP contribution in [0.25, 0.3) is 0 Å². The van der Waals surface area contributed by atoms with Crippen LogP contribution in [0.3, 0.4) is 0 Å². The van der Waals surface area contributed by atoms with E-state index >= 15 is 0 Å². The molecular formula is C5H3F5O. The van der Waals surface area contributed by atoms with Gasteiger partial charge in [-0.2, -0.15) is 22.0 Å². The van der Waals surface area contributed by atoms with Gasteiger partial charge < -0.3 is 0 Å². The molecule has 0 N–H and O–H groups in total. The molecule has 64 valence electrons. The Labute approximate surface area is 58.5 Å². The van der Waals surface area contributed by atoms with Crippen molar-refractivity contribution >= 4 is 5.78 Å². The van der Waals surface area contributed by atoms with Crippen LogP contribution in [0.5, 0.6) is 0 Å². The maximum atomic E-state index is 11.5. The number of Topliss-reactive ketones (excluding diaryl/α,β-unsaturated/α-hetero) is 1. The van der Waals surface area contributed by atoms with E-state index < -0.39 is 23.6 Å². The minimum absolute atomic E-state index is 0.433. The molecule has 0 atom stereocenters. The fourth-order valence-corrected chi connectivity index (χ4v) is 0.440. The Morgan fingerprint density at radius 2 is 1.55 bits per heavy atom. The van der Waals surface area contributed by atoms with E-state index in [4.69, 9.17) is 0 Å². The van der Waals surface area contributed by atoms with Gasteiger partial charge in [0.25, 0.3) is 6.08 Å². The Bertz CT molecular complexity index is 197. The van der Waals surface area contributed by atoms with Gasteiger partial charge in [-0.25, -0.2) is 0 Å². The molecule has 0 aromatic heterocycles. The number of ketones is 1. The minimum Gasteiger partial charge on any atom is -0.294 e. The van der Waals surface area contributed by atoms with Gasteiger partial charge in [0, 0.05) is 0 Å². The van der Waals surface area contributed by atoms with Gasteiger partial charge in [-0.15, -0.1) is 0 Å². The molecule has 6 heteroatoms. The van der Waals surface area contributed by atoms with E-state index in [0.717, 1.165) is 0 Å². The van der Waals surface area contributed by atoms with Gasteiger partial charge in [0.15, 0.2) is 11.4 Å². The Hall–Kier alpha value is -0.940. The third-order valence-corrected chi connectivity index (χ3v) is 0.825. The molecule has 0 spiro atoms. The molecular weight excluding hydrogens is 171 g/mol. The number of carbonyl (C=O) groups excluding carboxylic acids is 1. The van der Waals surface area contributed by atoms with Crippen molar-refractivity contribution in [2.45, 2.75) is 13.1 Å². The molecule has 0 unspecified atom stereocenters. The van der Waals surface area contributed by atoms with E-state index in [1.807, 2.05) is 0 Å². The molecule has 0 saturated heterocycles. The lowest BCUT2D eigenvalue weighted by atomic mass is 10.2. The Balaban J connectivity index is 4.96. The Morgan fingerprint density at radius 1 is 1.18 bits per heavy atom. The first-order valence-electron chi connectivity index (χ1n) is 2.40. The summed E-state index contributed by atoms with van der Waals surface area (Å²) in [6.45, 7) is 0.433. The highest BCUT2D eigenvalue weighted by molar-refractivity contribution is 5.94. The topological polar surface area (TPSA) is 17.1 Å². The van der Waals surface area contributed by atoms with Crippen LogP contribution < -0.4 is 0 Å². The summed E-state index contributed by atoms with van der Waals surface area (Å²) < 4.78 is 57.2. The SMILES string of the molecule is CC(=O)C(=C(F)F)C(F)(F)F. The molecule has 0 saturated carbocycles. The Kier molecular flexibility index (Phi) is 2.72. The van der Waals surface area contributed by atoms with E-state index in [1.54, 1.807) is 0 Å². The smallest absolute Gasteiger partial charge is 0.294 e. The second-order valence-electron chi connectivity index (χ2n) is 1.69. The average Bonchev–Trinajstić information content (AvgIpc) is 1.54. The van der Waals surface area contributed by atoms with Crippen LogP contribution in [0.1, 0.15) is 6.92 Å². The van der Waals surface area contributed by atoms with E-state index in [-0.39, 0.29) is 0 Å². The van der Waals surface area contributed by atoms with Crippen molar-refractivity contribution in [1.82, 2.24) is 0 Å². The van der Waals surface area contributed by atoms with E-state index in [1.165, 1.54) is 0 Å². The largest absolute Gasteiger partial charge is 0.425 e. The fraction of sp³-hybridized carbons (Fsp3) is 0.400. The first-order valence-corrected chi connectivity index (χ1v) is 2.40. The summed E-state index contributed by atoms with van der Waals surface area (Å²) >= 11 is 0. The third kappa shape index (κ3) is 2.65. The summed E-state index contributed by atoms with van der Waals surface area (Å²) in [4.78, 5) is 9.97. The van der Waals surface area contributed by atoms with Crippen LogP contribution in [0.4, 0.5) is 22.0 Å². The second kappa shape index (κ2) is 2.98. The number of carbonyl (C=O) groups is 1. The van der Waals surface area contributed by atoms with Gasteiger partial charge in [-0.3, -0.25) is 4.79 Å². The molecule has 0 rings (SSSR count). The summed E-state index contributed by atoms with van der Waals surface area (Å²) in [5, 5.41) is 0. The van der Waals surface area contributed by atoms with Crippen molar-refractivity contribution in [1.29, 1.82) is 0 Å². The van der Waals surface area contributed by atoms with Gasteiger partial charge in [0.05, 0.1) is 0 Å². The average molecular weight is 174 g/mol. The van der Waals surface area contributed by atoms with E-state index in [2.05, 4.69) is 0 Å². The highest BCUT2D eigenvalue weighted by Crippen LogP contribution is 2.29. The van der Waals surface area contributed by atoms with Crippen LogP contribution in [0, 0.1) is 0 Å². The number of rotatable bonds is 1. The predicted molar refractivity (Wildman–Crippen MR) is 26.0 cm³/mol. The van der Waals surface area contributed by atoms with Crippen molar-refractivity contribution in [2.24, 2.45) is 0 Å². The van der Waals surface area contributed by atoms with Crippen LogP contribution in [-0.4, -0.2) is 12.0 Å². The molecule has 0 heterocycles. The Morgan fingerprint density at radius 3 is 1.55 bits per heavy atom. The van der Waals surface area contributed by atoms with E-state index in [0.29, 0.717) is 6.92 Å². The lowest BCUT2D eigenvalue weighted by Crippen LogP contribution is -2.18. The highest BCUT2D eigenvalue weighted by atomic mass is 19.4. The molecule has 0 aliphatic rings. The third-order valence-electron chi connectivity index (χ3n) is 0.825. The van der Waals surface area contributed by atoms with Gasteiger partial charge in [-0.05, 0) is 6.92 Å². The summed E-state index contributed by atoms with van der Waals surface area (Å²) in [7, 11) is 0. The standard InChI is InChI=1S/C5H3F5O/c1-2(11)3(4(6)7)5(8,9)10/h1H3. The first-order chi connectivity index (χ1) is 4.76. The van der Waals surface area contributed by atoms with Crippen LogP contribution in [0.2, 0.25) is 0 Å². The summed E-state index contributed by atoms with van der Waals surface area (Å²) in [5.41, 5.74) is -2.38. The zero-order valence-corrected chi connectivity index (χ0v) is 5.30. The highest BCUT2D eigenvalue weighted by Gasteiger charge is 2.40. The molecule has 11 heavy (non-hydrogen) atoms. The van der Waals surface area contributed by atoms with Crippen molar-refractivity contribution in [2.75, 3.05) is 0 Å². The van der Waals surface area contributed by atoms with Crippen LogP contribution >= 0.6 is 0 Å². The summed E-state index contributed by atoms with van der Waals surface area (Å²) in [6.07, 6.45) is -8.25. The van der Waals surface area contributed by atoms with Gasteiger partial charge in [0.2, 0.25) is 0 Å². The monoisotopic (exact) mass is 174 g/mol. The van der Waals surface area contributed by atoms with Crippen LogP contribution in [0.15, 0.2) is 11.7 Å². The molecule has 0 aromatic rings. The molecule has 0 aromatic carbocycles. The quantitative estimate of drug-likeness (QED) is 0.440. The minimum atomic E-state index is -5.26. The molecule has 0 fully saturated rings. The molecule has 1 nitrogen and oxygen atoms in total. The number of alkyl halides is 3. The summed E-state index contributed by atoms with van der Waals surface area (Å²) in [5.74, 6) is -1.68. The lowest BCUT2D eigenvalue weighted by Gasteiger charge is -2.05. The predicted octanol–water partition coefficient (Wildman–Crippen LogP) is 2.29. The zero-order valence-electron chi connectivity index (χ0n) is 5.30. The zero-order chi connectivity index (χ0) is 9.23. The molecule has 0 radical (unpaired) electrons. The molecule has 0 bridgehead atoms. The number of allylic oxidation sites excluding steroid dienone is 1. The number of hydrogen-bond donors (Lipinski definition) is 0. The lowest BCUT2D eigenvalue weighted by molar-refractivity contribution is -0.128. The second-order valence-corrected chi connectivity index (χ2v) is 1.69. The maximum Gasteiger partial charge on any atom is 0.425 e. The normalized spacial score (nSPS) is 11.1. The van der Waals surface area contributed by atoms with Crippen LogP contribution in [-0.2, 0) is 4.79 Å². The fourth-order valence-electron chi connectivity index (χ4n) is 0.440. The van der Waals surface area contributed by atoms with Crippen molar-refractivity contribution in [3.63, 3.8) is 0 Å². The summed E-state index contributed by atoms with van der Waals surface area (Å²) in [6, 6.07) is 0. The van der Waals surface area contributed by atoms with Gasteiger partial charge in [0.1, 0.15) is 0 Å². The van der Waals surface area contributed by atoms with Crippen molar-refractivity contribution < 1.29 is 26.7 Å². The van der Waals surface area contributed by atoms with E-state index in [9.17, 15) is 26.7 Å².